The Kier molecular flexibility index (Phi) is 5.76. The van der Waals surface area contributed by atoms with Gasteiger partial charge >= 0.3 is 5.97 Å². The van der Waals surface area contributed by atoms with Gasteiger partial charge in [-0.1, -0.05) is 20.8 Å². The first-order valence-electron chi connectivity index (χ1n) is 7.52. The number of hydrogen-bond acceptors (Lipinski definition) is 3. The summed E-state index contributed by atoms with van der Waals surface area (Å²) in [4.78, 5) is 22.9. The van der Waals surface area contributed by atoms with Crippen LogP contribution in [0.15, 0.2) is 0 Å². The van der Waals surface area contributed by atoms with E-state index in [0.29, 0.717) is 0 Å². The van der Waals surface area contributed by atoms with E-state index in [2.05, 4.69) is 26.1 Å². The summed E-state index contributed by atoms with van der Waals surface area (Å²) in [5.74, 6) is -1.87. The van der Waals surface area contributed by atoms with Crippen LogP contribution in [0.3, 0.4) is 0 Å². The Morgan fingerprint density at radius 3 is 2.15 bits per heavy atom. The van der Waals surface area contributed by atoms with Gasteiger partial charge in [0.25, 0.3) is 0 Å². The maximum absolute atomic E-state index is 11.8. The summed E-state index contributed by atoms with van der Waals surface area (Å²) in [5.41, 5.74) is 0. The third kappa shape index (κ3) is 3.23. The van der Waals surface area contributed by atoms with Crippen LogP contribution in [0.4, 0.5) is 0 Å². The number of rotatable bonds is 8. The van der Waals surface area contributed by atoms with Crippen molar-refractivity contribution in [2.75, 3.05) is 0 Å². The lowest BCUT2D eigenvalue weighted by Crippen LogP contribution is -2.66. The highest BCUT2D eigenvalue weighted by molar-refractivity contribution is 6.73. The van der Waals surface area contributed by atoms with Crippen molar-refractivity contribution < 1.29 is 19.1 Å². The summed E-state index contributed by atoms with van der Waals surface area (Å²) in [6.45, 7) is 9.97. The van der Waals surface area contributed by atoms with E-state index in [0.717, 1.165) is 18.1 Å². The molecule has 6 heteroatoms. The predicted octanol–water partition coefficient (Wildman–Crippen LogP) is 2.23. The normalized spacial score (nSPS) is 25.6. The number of carboxylic acids is 1. The third-order valence-corrected chi connectivity index (χ3v) is 9.54. The zero-order valence-electron chi connectivity index (χ0n) is 13.1. The van der Waals surface area contributed by atoms with Crippen molar-refractivity contribution in [1.29, 1.82) is 0 Å². The number of hydrogen-bond donors (Lipinski definition) is 2. The van der Waals surface area contributed by atoms with E-state index in [1.54, 1.807) is 6.92 Å². The van der Waals surface area contributed by atoms with Gasteiger partial charge in [-0.2, -0.15) is 0 Å². The van der Waals surface area contributed by atoms with E-state index in [-0.39, 0.29) is 24.0 Å². The Hall–Kier alpha value is -0.883. The van der Waals surface area contributed by atoms with E-state index >= 15 is 0 Å². The molecular formula is C14H27NO4Si. The Bertz CT molecular complexity index is 362. The zero-order valence-corrected chi connectivity index (χ0v) is 14.1. The zero-order chi connectivity index (χ0) is 15.5. The molecule has 0 unspecified atom stereocenters. The molecule has 1 heterocycles. The molecule has 1 aliphatic heterocycles. The molecule has 116 valence electrons. The fourth-order valence-corrected chi connectivity index (χ4v) is 5.91. The minimum atomic E-state index is -1.77. The summed E-state index contributed by atoms with van der Waals surface area (Å²) in [6, 6.07) is 2.76. The molecule has 0 bridgehead atoms. The van der Waals surface area contributed by atoms with Crippen molar-refractivity contribution in [1.82, 2.24) is 5.32 Å². The highest BCUT2D eigenvalue weighted by atomic mass is 28.4. The lowest BCUT2D eigenvalue weighted by Gasteiger charge is -2.44. The van der Waals surface area contributed by atoms with Crippen LogP contribution in [0.2, 0.25) is 18.1 Å². The quantitative estimate of drug-likeness (QED) is 0.532. The molecule has 1 fully saturated rings. The topological polar surface area (TPSA) is 75.6 Å². The number of aliphatic carboxylic acids is 1. The van der Waals surface area contributed by atoms with Crippen LogP contribution < -0.4 is 5.32 Å². The number of carboxylic acid groups (broad SMARTS) is 1. The molecule has 1 saturated heterocycles. The van der Waals surface area contributed by atoms with Crippen LogP contribution in [0, 0.1) is 11.8 Å². The Labute approximate surface area is 122 Å². The van der Waals surface area contributed by atoms with E-state index < -0.39 is 20.2 Å². The van der Waals surface area contributed by atoms with Crippen molar-refractivity contribution >= 4 is 20.2 Å². The summed E-state index contributed by atoms with van der Waals surface area (Å²) in [6.07, 6.45) is -0.206. The summed E-state index contributed by atoms with van der Waals surface area (Å²) < 4.78 is 6.31. The van der Waals surface area contributed by atoms with E-state index in [4.69, 9.17) is 9.53 Å². The fourth-order valence-electron chi connectivity index (χ4n) is 2.98. The Balaban J connectivity index is 2.77. The summed E-state index contributed by atoms with van der Waals surface area (Å²) in [5, 5.41) is 11.8. The summed E-state index contributed by atoms with van der Waals surface area (Å²) >= 11 is 0. The number of amides is 1. The van der Waals surface area contributed by atoms with Gasteiger partial charge in [0.15, 0.2) is 8.32 Å². The molecule has 4 atom stereocenters. The molecule has 2 N–H and O–H groups in total. The molecule has 5 nitrogen and oxygen atoms in total. The third-order valence-electron chi connectivity index (χ3n) is 4.80. The second-order valence-corrected chi connectivity index (χ2v) is 10.5. The van der Waals surface area contributed by atoms with Crippen molar-refractivity contribution in [2.24, 2.45) is 11.8 Å². The van der Waals surface area contributed by atoms with Gasteiger partial charge in [0.05, 0.1) is 24.0 Å². The molecule has 1 amide bonds. The number of carbonyl (C=O) groups is 2. The van der Waals surface area contributed by atoms with Crippen LogP contribution in [0.25, 0.3) is 0 Å². The van der Waals surface area contributed by atoms with Gasteiger partial charge in [0, 0.05) is 0 Å². The van der Waals surface area contributed by atoms with Gasteiger partial charge < -0.3 is 14.8 Å². The first-order valence-corrected chi connectivity index (χ1v) is 10.1. The van der Waals surface area contributed by atoms with Gasteiger partial charge in [-0.05, 0) is 32.0 Å². The molecule has 0 aromatic heterocycles. The number of carbonyl (C=O) groups excluding carboxylic acids is 1. The van der Waals surface area contributed by atoms with Gasteiger partial charge in [-0.15, -0.1) is 0 Å². The second-order valence-electron chi connectivity index (χ2n) is 5.75. The van der Waals surface area contributed by atoms with Crippen molar-refractivity contribution in [2.45, 2.75) is 64.9 Å². The van der Waals surface area contributed by atoms with E-state index in [9.17, 15) is 9.59 Å². The fraction of sp³-hybridized carbons (Fsp3) is 0.857. The largest absolute Gasteiger partial charge is 0.481 e. The molecule has 0 spiro atoms. The Morgan fingerprint density at radius 2 is 1.80 bits per heavy atom. The van der Waals surface area contributed by atoms with Crippen LogP contribution in [-0.4, -0.2) is 37.4 Å². The van der Waals surface area contributed by atoms with Gasteiger partial charge in [-0.3, -0.25) is 9.59 Å². The molecule has 0 aromatic carbocycles. The highest BCUT2D eigenvalue weighted by Crippen LogP contribution is 2.32. The van der Waals surface area contributed by atoms with Crippen molar-refractivity contribution in [3.05, 3.63) is 0 Å². The molecule has 0 radical (unpaired) electrons. The standard InChI is InChI=1S/C14H27NO4Si/c1-6-20(7-2,8-3)19-10(5)11-12(15-13(11)16)9(4)14(17)18/h9-12H,6-8H2,1-5H3,(H,15,16)(H,17,18)/t9-,10-,11-,12-/m1/s1. The van der Waals surface area contributed by atoms with Crippen LogP contribution >= 0.6 is 0 Å². The number of nitrogens with one attached hydrogen (secondary N) is 1. The second kappa shape index (κ2) is 6.71. The van der Waals surface area contributed by atoms with Crippen LogP contribution in [0.1, 0.15) is 34.6 Å². The van der Waals surface area contributed by atoms with Gasteiger partial charge in [-0.25, -0.2) is 0 Å². The molecule has 0 aromatic rings. The molecule has 0 saturated carbocycles. The SMILES string of the molecule is CC[Si](CC)(CC)O[C@H](C)[C@H]1C(=O)N[C@@H]1[C@@H](C)C(=O)O. The van der Waals surface area contributed by atoms with Crippen LogP contribution in [-0.2, 0) is 14.0 Å². The van der Waals surface area contributed by atoms with E-state index in [1.807, 2.05) is 6.92 Å². The first-order chi connectivity index (χ1) is 9.31. The molecule has 1 rings (SSSR count). The van der Waals surface area contributed by atoms with Gasteiger partial charge in [0.2, 0.25) is 5.91 Å². The lowest BCUT2D eigenvalue weighted by molar-refractivity contribution is -0.151. The minimum Gasteiger partial charge on any atom is -0.481 e. The molecule has 20 heavy (non-hydrogen) atoms. The molecule has 0 aliphatic carbocycles. The first kappa shape index (κ1) is 17.2. The monoisotopic (exact) mass is 301 g/mol. The average molecular weight is 301 g/mol. The molecular weight excluding hydrogens is 274 g/mol. The average Bonchev–Trinajstić information content (AvgIpc) is 2.41. The van der Waals surface area contributed by atoms with E-state index in [1.165, 1.54) is 0 Å². The maximum atomic E-state index is 11.8. The lowest BCUT2D eigenvalue weighted by atomic mass is 9.79. The van der Waals surface area contributed by atoms with Crippen LogP contribution in [0.5, 0.6) is 0 Å². The predicted molar refractivity (Wildman–Crippen MR) is 80.0 cm³/mol. The van der Waals surface area contributed by atoms with Gasteiger partial charge in [0.1, 0.15) is 0 Å². The Morgan fingerprint density at radius 1 is 1.30 bits per heavy atom. The van der Waals surface area contributed by atoms with Crippen molar-refractivity contribution in [3.8, 4) is 0 Å². The minimum absolute atomic E-state index is 0.0817. The number of β-lactam (4-membered cyclic amide) rings is 1. The highest BCUT2D eigenvalue weighted by Gasteiger charge is 2.49. The summed E-state index contributed by atoms with van der Waals surface area (Å²) in [7, 11) is -1.77. The maximum Gasteiger partial charge on any atom is 0.308 e. The molecule has 1 aliphatic rings. The van der Waals surface area contributed by atoms with Crippen molar-refractivity contribution in [3.63, 3.8) is 0 Å². The smallest absolute Gasteiger partial charge is 0.308 e.